The third-order valence-electron chi connectivity index (χ3n) is 2.27. The van der Waals surface area contributed by atoms with E-state index in [2.05, 4.69) is 30.4 Å². The van der Waals surface area contributed by atoms with Crippen LogP contribution < -0.4 is 5.56 Å². The molecule has 0 fully saturated rings. The average molecular weight is 252 g/mol. The Morgan fingerprint density at radius 1 is 1.53 bits per heavy atom. The third kappa shape index (κ3) is 4.38. The number of nitrogens with one attached hydrogen (secondary N) is 1. The number of aromatic nitrogens is 2. The molecule has 0 aliphatic heterocycles. The zero-order chi connectivity index (χ0) is 13.0. The van der Waals surface area contributed by atoms with E-state index in [9.17, 15) is 4.79 Å². The zero-order valence-corrected chi connectivity index (χ0v) is 11.8. The molecule has 0 aliphatic rings. The molecule has 0 atom stereocenters. The molecule has 1 rings (SSSR count). The van der Waals surface area contributed by atoms with E-state index in [1.54, 1.807) is 0 Å². The van der Waals surface area contributed by atoms with E-state index in [0.29, 0.717) is 11.1 Å². The van der Waals surface area contributed by atoms with E-state index >= 15 is 0 Å². The first-order valence-corrected chi connectivity index (χ1v) is 6.75. The van der Waals surface area contributed by atoms with Crippen molar-refractivity contribution in [3.8, 4) is 0 Å². The van der Waals surface area contributed by atoms with Crippen LogP contribution in [-0.2, 0) is 6.42 Å². The van der Waals surface area contributed by atoms with Gasteiger partial charge < -0.3 is 4.98 Å². The second-order valence-corrected chi connectivity index (χ2v) is 5.74. The van der Waals surface area contributed by atoms with Crippen molar-refractivity contribution in [2.45, 2.75) is 39.3 Å². The Balaban J connectivity index is 2.93. The van der Waals surface area contributed by atoms with Gasteiger partial charge in [-0.2, -0.15) is 0 Å². The number of rotatable bonds is 5. The number of hydrogen-bond acceptors (Lipinski definition) is 3. The van der Waals surface area contributed by atoms with Crippen LogP contribution in [0.15, 0.2) is 22.1 Å². The molecule has 3 nitrogen and oxygen atoms in total. The van der Waals surface area contributed by atoms with Crippen molar-refractivity contribution in [3.63, 3.8) is 0 Å². The maximum atomic E-state index is 11.9. The maximum absolute atomic E-state index is 11.9. The Morgan fingerprint density at radius 2 is 2.18 bits per heavy atom. The molecule has 0 radical (unpaired) electrons. The molecule has 17 heavy (non-hydrogen) atoms. The smallest absolute Gasteiger partial charge is 0.254 e. The van der Waals surface area contributed by atoms with Crippen LogP contribution in [0.3, 0.4) is 0 Å². The summed E-state index contributed by atoms with van der Waals surface area (Å²) >= 11 is 1.52. The lowest BCUT2D eigenvalue weighted by molar-refractivity contribution is 0.632. The van der Waals surface area contributed by atoms with E-state index < -0.39 is 0 Å². The molecule has 0 bridgehead atoms. The number of hydrogen-bond donors (Lipinski definition) is 1. The van der Waals surface area contributed by atoms with E-state index in [-0.39, 0.29) is 5.56 Å². The quantitative estimate of drug-likeness (QED) is 0.498. The second kappa shape index (κ2) is 6.05. The van der Waals surface area contributed by atoms with Crippen molar-refractivity contribution in [1.29, 1.82) is 0 Å². The fourth-order valence-corrected chi connectivity index (χ4v) is 2.24. The largest absolute Gasteiger partial charge is 0.301 e. The maximum Gasteiger partial charge on any atom is 0.254 e. The van der Waals surface area contributed by atoms with Gasteiger partial charge >= 0.3 is 0 Å². The molecule has 0 saturated carbocycles. The Hall–Kier alpha value is -1.03. The molecule has 0 aromatic carbocycles. The molecule has 0 spiro atoms. The minimum Gasteiger partial charge on any atom is -0.301 e. The van der Waals surface area contributed by atoms with Crippen LogP contribution >= 0.6 is 11.8 Å². The normalized spacial score (nSPS) is 10.9. The Morgan fingerprint density at radius 3 is 2.65 bits per heavy atom. The second-order valence-electron chi connectivity index (χ2n) is 4.78. The van der Waals surface area contributed by atoms with Gasteiger partial charge in [-0.3, -0.25) is 4.79 Å². The van der Waals surface area contributed by atoms with Crippen LogP contribution in [0.5, 0.6) is 0 Å². The highest BCUT2D eigenvalue weighted by Gasteiger charge is 2.10. The molecule has 94 valence electrons. The van der Waals surface area contributed by atoms with Crippen molar-refractivity contribution in [2.24, 2.45) is 5.92 Å². The lowest BCUT2D eigenvalue weighted by atomic mass is 10.0. The van der Waals surface area contributed by atoms with Gasteiger partial charge in [0.05, 0.1) is 0 Å². The first-order valence-electron chi connectivity index (χ1n) is 5.77. The van der Waals surface area contributed by atoms with Gasteiger partial charge in [-0.05, 0) is 26.2 Å². The van der Waals surface area contributed by atoms with Crippen molar-refractivity contribution in [2.75, 3.05) is 5.75 Å². The molecule has 1 heterocycles. The molecular formula is C13H20N2OS. The minimum atomic E-state index is -0.00425. The first-order chi connectivity index (χ1) is 7.90. The van der Waals surface area contributed by atoms with Gasteiger partial charge in [-0.25, -0.2) is 4.98 Å². The SMILES string of the molecule is C=C(C)CSc1nc(C)c(CC(C)C)c(=O)[nH]1. The number of aromatic amines is 1. The highest BCUT2D eigenvalue weighted by Crippen LogP contribution is 2.16. The van der Waals surface area contributed by atoms with Gasteiger partial charge in [0.1, 0.15) is 0 Å². The summed E-state index contributed by atoms with van der Waals surface area (Å²) in [4.78, 5) is 19.2. The van der Waals surface area contributed by atoms with E-state index in [1.807, 2.05) is 13.8 Å². The monoisotopic (exact) mass is 252 g/mol. The van der Waals surface area contributed by atoms with Crippen molar-refractivity contribution in [1.82, 2.24) is 9.97 Å². The van der Waals surface area contributed by atoms with Gasteiger partial charge in [0.15, 0.2) is 5.16 Å². The average Bonchev–Trinajstić information content (AvgIpc) is 2.20. The molecular weight excluding hydrogens is 232 g/mol. The summed E-state index contributed by atoms with van der Waals surface area (Å²) in [5.74, 6) is 1.25. The van der Waals surface area contributed by atoms with Crippen LogP contribution in [0.4, 0.5) is 0 Å². The fourth-order valence-electron chi connectivity index (χ4n) is 1.49. The predicted octanol–water partition coefficient (Wildman–Crippen LogP) is 2.95. The minimum absolute atomic E-state index is 0.00425. The predicted molar refractivity (Wildman–Crippen MR) is 73.7 cm³/mol. The summed E-state index contributed by atoms with van der Waals surface area (Å²) in [5, 5.41) is 0.683. The Bertz CT molecular complexity index is 463. The fraction of sp³-hybridized carbons (Fsp3) is 0.538. The Labute approximate surface area is 107 Å². The van der Waals surface area contributed by atoms with E-state index in [4.69, 9.17) is 0 Å². The number of aryl methyl sites for hydroxylation is 1. The van der Waals surface area contributed by atoms with Crippen LogP contribution in [0.1, 0.15) is 32.0 Å². The van der Waals surface area contributed by atoms with Gasteiger partial charge in [-0.15, -0.1) is 0 Å². The van der Waals surface area contributed by atoms with E-state index in [1.165, 1.54) is 11.8 Å². The summed E-state index contributed by atoms with van der Waals surface area (Å²) in [6.45, 7) is 11.9. The molecule has 0 aliphatic carbocycles. The molecule has 4 heteroatoms. The van der Waals surface area contributed by atoms with Crippen molar-refractivity contribution < 1.29 is 0 Å². The topological polar surface area (TPSA) is 45.8 Å². The summed E-state index contributed by atoms with van der Waals surface area (Å²) in [7, 11) is 0. The number of thioether (sulfide) groups is 1. The van der Waals surface area contributed by atoms with Gasteiger partial charge in [0.2, 0.25) is 0 Å². The van der Waals surface area contributed by atoms with Gasteiger partial charge in [0.25, 0.3) is 5.56 Å². The highest BCUT2D eigenvalue weighted by molar-refractivity contribution is 7.99. The zero-order valence-electron chi connectivity index (χ0n) is 11.0. The lowest BCUT2D eigenvalue weighted by Crippen LogP contribution is -2.19. The van der Waals surface area contributed by atoms with Crippen molar-refractivity contribution >= 4 is 11.8 Å². The lowest BCUT2D eigenvalue weighted by Gasteiger charge is -2.08. The van der Waals surface area contributed by atoms with E-state index in [0.717, 1.165) is 29.0 Å². The standard InChI is InChI=1S/C13H20N2OS/c1-8(2)6-11-10(5)14-13(15-12(11)16)17-7-9(3)4/h8H,3,6-7H2,1-2,4-5H3,(H,14,15,16). The Kier molecular flexibility index (Phi) is 5.00. The number of H-pyrrole nitrogens is 1. The van der Waals surface area contributed by atoms with Gasteiger partial charge in [0, 0.05) is 17.0 Å². The van der Waals surface area contributed by atoms with Crippen LogP contribution in [0.25, 0.3) is 0 Å². The molecule has 0 amide bonds. The highest BCUT2D eigenvalue weighted by atomic mass is 32.2. The molecule has 1 aromatic heterocycles. The van der Waals surface area contributed by atoms with Gasteiger partial charge in [-0.1, -0.05) is 37.8 Å². The summed E-state index contributed by atoms with van der Waals surface area (Å²) < 4.78 is 0. The molecule has 0 saturated heterocycles. The summed E-state index contributed by atoms with van der Waals surface area (Å²) in [6, 6.07) is 0. The van der Waals surface area contributed by atoms with Crippen LogP contribution in [0, 0.1) is 12.8 Å². The third-order valence-corrected chi connectivity index (χ3v) is 3.37. The van der Waals surface area contributed by atoms with Crippen molar-refractivity contribution in [3.05, 3.63) is 33.8 Å². The molecule has 0 unspecified atom stereocenters. The summed E-state index contributed by atoms with van der Waals surface area (Å²) in [6.07, 6.45) is 0.777. The number of nitrogens with zero attached hydrogens (tertiary/aromatic N) is 1. The molecule has 1 N–H and O–H groups in total. The first kappa shape index (κ1) is 14.0. The molecule has 1 aromatic rings. The van der Waals surface area contributed by atoms with Crippen LogP contribution in [-0.4, -0.2) is 15.7 Å². The summed E-state index contributed by atoms with van der Waals surface area (Å²) in [5.41, 5.74) is 2.71. The van der Waals surface area contributed by atoms with Crippen LogP contribution in [0.2, 0.25) is 0 Å².